The van der Waals surface area contributed by atoms with Gasteiger partial charge in [-0.05, 0) is 18.2 Å². The summed E-state index contributed by atoms with van der Waals surface area (Å²) in [4.78, 5) is 32.0. The highest BCUT2D eigenvalue weighted by Gasteiger charge is 2.43. The van der Waals surface area contributed by atoms with Crippen molar-refractivity contribution in [3.63, 3.8) is 0 Å². The van der Waals surface area contributed by atoms with E-state index in [4.69, 9.17) is 4.42 Å². The third kappa shape index (κ3) is 3.57. The Kier molecular flexibility index (Phi) is 5.09. The number of aromatic hydroxyl groups is 2. The first-order valence-electron chi connectivity index (χ1n) is 12.3. The summed E-state index contributed by atoms with van der Waals surface area (Å²) in [6.45, 7) is 2.59. The Morgan fingerprint density at radius 2 is 1.16 bits per heavy atom. The number of ketones is 2. The average Bonchev–Trinajstić information content (AvgIpc) is 3.32. The van der Waals surface area contributed by atoms with Gasteiger partial charge in [0, 0.05) is 5.39 Å². The summed E-state index contributed by atoms with van der Waals surface area (Å²) < 4.78 is 5.10. The Morgan fingerprint density at radius 3 is 1.65 bits per heavy atom. The van der Waals surface area contributed by atoms with E-state index in [9.17, 15) is 30.2 Å². The summed E-state index contributed by atoms with van der Waals surface area (Å²) in [6.07, 6.45) is 1.50. The summed E-state index contributed by atoms with van der Waals surface area (Å²) in [5.41, 5.74) is 1.01. The molecule has 1 aliphatic carbocycles. The Balaban J connectivity index is 1.64. The van der Waals surface area contributed by atoms with Crippen molar-refractivity contribution in [1.82, 2.24) is 0 Å². The Bertz CT molecular complexity index is 1350. The van der Waals surface area contributed by atoms with Crippen LogP contribution in [0.2, 0.25) is 0 Å². The zero-order valence-electron chi connectivity index (χ0n) is 20.7. The maximum absolute atomic E-state index is 14.1. The molecule has 2 N–H and O–H groups in total. The molecule has 11 heteroatoms. The zero-order valence-corrected chi connectivity index (χ0v) is 20.7. The lowest BCUT2D eigenvalue weighted by atomic mass is 9.79. The third-order valence-corrected chi connectivity index (χ3v) is 7.93. The zero-order chi connectivity index (χ0) is 26.3. The van der Waals surface area contributed by atoms with Gasteiger partial charge in [0.25, 0.3) is 0 Å². The van der Waals surface area contributed by atoms with Crippen molar-refractivity contribution in [2.24, 2.45) is 0 Å². The van der Waals surface area contributed by atoms with Crippen LogP contribution in [0.3, 0.4) is 0 Å². The standard InChI is InChI=1S/C26H28N4O7/c1-29(35)10-6-27(7-11-29)22-15-5-14-37-26(15)23(28-8-12-30(2,36)13-9-28)21-20(22)24(33)18-16(31)3-4-17(32)19(18)25(21)34/h3-5,14,31-32H,6-13H2,1-2H3. The van der Waals surface area contributed by atoms with E-state index in [1.54, 1.807) is 20.2 Å². The van der Waals surface area contributed by atoms with Gasteiger partial charge in [0.15, 0.2) is 5.58 Å². The number of phenolic OH excluding ortho intramolecular Hbond substituents is 2. The lowest BCUT2D eigenvalue weighted by Gasteiger charge is -2.47. The van der Waals surface area contributed by atoms with Crippen molar-refractivity contribution in [1.29, 1.82) is 0 Å². The molecule has 3 heterocycles. The van der Waals surface area contributed by atoms with Crippen molar-refractivity contribution < 1.29 is 33.5 Å². The van der Waals surface area contributed by atoms with Crippen LogP contribution in [0.4, 0.5) is 11.4 Å². The summed E-state index contributed by atoms with van der Waals surface area (Å²) >= 11 is 0. The highest BCUT2D eigenvalue weighted by Crippen LogP contribution is 2.49. The molecule has 3 aliphatic rings. The quantitative estimate of drug-likeness (QED) is 0.237. The fourth-order valence-corrected chi connectivity index (χ4v) is 5.75. The first kappa shape index (κ1) is 23.7. The number of anilines is 2. The molecule has 2 saturated heterocycles. The largest absolute Gasteiger partial charge is 0.633 e. The topological polar surface area (TPSA) is 140 Å². The maximum atomic E-state index is 14.1. The minimum absolute atomic E-state index is 0.0859. The number of rotatable bonds is 2. The van der Waals surface area contributed by atoms with Gasteiger partial charge in [0.1, 0.15) is 11.5 Å². The third-order valence-electron chi connectivity index (χ3n) is 7.93. The van der Waals surface area contributed by atoms with Gasteiger partial charge >= 0.3 is 0 Å². The van der Waals surface area contributed by atoms with Crippen LogP contribution in [0, 0.1) is 10.4 Å². The second kappa shape index (κ2) is 7.93. The first-order chi connectivity index (χ1) is 17.5. The highest BCUT2D eigenvalue weighted by molar-refractivity contribution is 6.36. The molecule has 1 aromatic heterocycles. The Morgan fingerprint density at radius 1 is 0.730 bits per heavy atom. The van der Waals surface area contributed by atoms with Crippen LogP contribution in [0.1, 0.15) is 31.8 Å². The molecule has 0 radical (unpaired) electrons. The van der Waals surface area contributed by atoms with E-state index >= 15 is 0 Å². The fraction of sp³-hybridized carbons (Fsp3) is 0.385. The van der Waals surface area contributed by atoms with Gasteiger partial charge in [-0.2, -0.15) is 0 Å². The van der Waals surface area contributed by atoms with Gasteiger partial charge in [-0.3, -0.25) is 9.59 Å². The average molecular weight is 509 g/mol. The molecule has 0 unspecified atom stereocenters. The second-order valence-electron chi connectivity index (χ2n) is 10.6. The van der Waals surface area contributed by atoms with Crippen molar-refractivity contribution in [3.05, 3.63) is 57.1 Å². The van der Waals surface area contributed by atoms with Crippen LogP contribution in [0.25, 0.3) is 11.0 Å². The fourth-order valence-electron chi connectivity index (χ4n) is 5.75. The van der Waals surface area contributed by atoms with Gasteiger partial charge < -0.3 is 44.1 Å². The molecule has 0 saturated carbocycles. The maximum Gasteiger partial charge on any atom is 0.200 e. The molecular formula is C26H28N4O7. The molecule has 2 fully saturated rings. The van der Waals surface area contributed by atoms with Crippen LogP contribution in [-0.2, 0) is 0 Å². The molecule has 2 aliphatic heterocycles. The second-order valence-corrected chi connectivity index (χ2v) is 10.6. The number of furan rings is 1. The summed E-state index contributed by atoms with van der Waals surface area (Å²) in [5, 5.41) is 46.9. The molecule has 11 nitrogen and oxygen atoms in total. The van der Waals surface area contributed by atoms with Gasteiger partial charge in [-0.1, -0.05) is 0 Å². The molecule has 37 heavy (non-hydrogen) atoms. The van der Waals surface area contributed by atoms with Crippen LogP contribution in [-0.4, -0.2) is 97.5 Å². The van der Waals surface area contributed by atoms with E-state index in [1.807, 2.05) is 9.80 Å². The molecule has 0 spiro atoms. The van der Waals surface area contributed by atoms with Crippen LogP contribution < -0.4 is 9.80 Å². The number of hydrogen-bond acceptors (Lipinski definition) is 9. The number of hydroxylamine groups is 6. The molecule has 3 aromatic rings. The van der Waals surface area contributed by atoms with Gasteiger partial charge in [-0.25, -0.2) is 0 Å². The molecule has 194 valence electrons. The van der Waals surface area contributed by atoms with Crippen molar-refractivity contribution in [3.8, 4) is 11.5 Å². The molecule has 0 atom stereocenters. The number of hydrogen-bond donors (Lipinski definition) is 2. The predicted molar refractivity (Wildman–Crippen MR) is 136 cm³/mol. The number of phenols is 2. The predicted octanol–water partition coefficient (Wildman–Crippen LogP) is 2.15. The SMILES string of the molecule is C[N+]1([O-])CCN(c2c3c(c(N4CC[N+](C)([O-])CC4)c4occc24)C(=O)c2c(O)ccc(O)c2C3=O)CC1. The van der Waals surface area contributed by atoms with Crippen LogP contribution in [0.15, 0.2) is 28.9 Å². The van der Waals surface area contributed by atoms with E-state index in [0.717, 1.165) is 0 Å². The number of benzene rings is 2. The molecular weight excluding hydrogens is 480 g/mol. The number of likely N-dealkylation sites (N-methyl/N-ethyl adjacent to an activating group) is 2. The normalized spacial score (nSPS) is 20.8. The summed E-state index contributed by atoms with van der Waals surface area (Å²) in [6, 6.07) is 4.12. The van der Waals surface area contributed by atoms with Crippen molar-refractivity contribution in [2.75, 3.05) is 76.3 Å². The number of fused-ring (bicyclic) bond motifs is 3. The van der Waals surface area contributed by atoms with Crippen molar-refractivity contribution >= 4 is 33.9 Å². The van der Waals surface area contributed by atoms with Gasteiger partial charge in [0.2, 0.25) is 11.6 Å². The monoisotopic (exact) mass is 508 g/mol. The number of carbonyl (C=O) groups excluding carboxylic acids is 2. The number of carbonyl (C=O) groups is 2. The number of piperazine rings is 2. The van der Waals surface area contributed by atoms with Gasteiger partial charge in [-0.15, -0.1) is 0 Å². The molecule has 0 bridgehead atoms. The van der Waals surface area contributed by atoms with E-state index in [1.165, 1.54) is 18.4 Å². The van der Waals surface area contributed by atoms with Crippen molar-refractivity contribution in [2.45, 2.75) is 0 Å². The molecule has 0 amide bonds. The Hall–Kier alpha value is -3.64. The Labute approximate surface area is 212 Å². The first-order valence-corrected chi connectivity index (χ1v) is 12.3. The van der Waals surface area contributed by atoms with E-state index in [-0.39, 0.29) is 35.3 Å². The van der Waals surface area contributed by atoms with Crippen LogP contribution >= 0.6 is 0 Å². The highest BCUT2D eigenvalue weighted by atomic mass is 16.5. The summed E-state index contributed by atoms with van der Waals surface area (Å²) in [5.74, 6) is -1.97. The van der Waals surface area contributed by atoms with E-state index < -0.39 is 32.4 Å². The number of quaternary nitrogens is 2. The van der Waals surface area contributed by atoms with Gasteiger partial charge in [0.05, 0.1) is 106 Å². The summed E-state index contributed by atoms with van der Waals surface area (Å²) in [7, 11) is 3.20. The molecule has 2 aromatic carbocycles. The minimum Gasteiger partial charge on any atom is -0.633 e. The molecule has 6 rings (SSSR count). The van der Waals surface area contributed by atoms with E-state index in [0.29, 0.717) is 61.6 Å². The lowest BCUT2D eigenvalue weighted by molar-refractivity contribution is -0.861. The van der Waals surface area contributed by atoms with Crippen LogP contribution in [0.5, 0.6) is 11.5 Å². The number of nitrogens with zero attached hydrogens (tertiary/aromatic N) is 4. The van der Waals surface area contributed by atoms with E-state index in [2.05, 4.69) is 0 Å². The minimum atomic E-state index is -0.598. The lowest BCUT2D eigenvalue weighted by Crippen LogP contribution is -2.54. The smallest absolute Gasteiger partial charge is 0.200 e.